The molecule has 2 heterocycles. The Hall–Kier alpha value is -3.72. The summed E-state index contributed by atoms with van der Waals surface area (Å²) >= 11 is 6.14. The Morgan fingerprint density at radius 2 is 1.79 bits per heavy atom. The van der Waals surface area contributed by atoms with Crippen LogP contribution in [-0.4, -0.2) is 22.1 Å². The molecule has 0 fully saturated rings. The number of alkyl halides is 3. The average Bonchev–Trinajstić information content (AvgIpc) is 2.76. The van der Waals surface area contributed by atoms with Gasteiger partial charge in [0.2, 0.25) is 0 Å². The number of nitrogens with zero attached hydrogens (tertiary/aromatic N) is 1. The van der Waals surface area contributed by atoms with E-state index in [0.717, 1.165) is 18.3 Å². The lowest BCUT2D eigenvalue weighted by atomic mass is 9.92. The second-order valence-electron chi connectivity index (χ2n) is 7.40. The molecule has 0 spiro atoms. The van der Waals surface area contributed by atoms with Crippen molar-refractivity contribution >= 4 is 28.3 Å². The molecular formula is C24H15ClF4N2O3. The lowest BCUT2D eigenvalue weighted by molar-refractivity contribution is -0.274. The second-order valence-corrected chi connectivity index (χ2v) is 7.84. The number of H-pyrrole nitrogens is 1. The summed E-state index contributed by atoms with van der Waals surface area (Å²) in [4.78, 5) is 32.5. The maximum Gasteiger partial charge on any atom is 0.573 e. The van der Waals surface area contributed by atoms with Gasteiger partial charge in [0.15, 0.2) is 5.78 Å². The molecule has 0 saturated heterocycles. The molecule has 2 aromatic carbocycles. The van der Waals surface area contributed by atoms with Crippen molar-refractivity contribution in [1.82, 2.24) is 9.97 Å². The largest absolute Gasteiger partial charge is 0.573 e. The zero-order valence-corrected chi connectivity index (χ0v) is 18.0. The minimum Gasteiger partial charge on any atom is -0.406 e. The van der Waals surface area contributed by atoms with Crippen molar-refractivity contribution in [3.8, 4) is 16.9 Å². The Kier molecular flexibility index (Phi) is 6.39. The molecule has 0 saturated carbocycles. The zero-order valence-electron chi connectivity index (χ0n) is 17.2. The summed E-state index contributed by atoms with van der Waals surface area (Å²) in [7, 11) is 0. The summed E-state index contributed by atoms with van der Waals surface area (Å²) in [5.74, 6) is -1.53. The Morgan fingerprint density at radius 3 is 2.47 bits per heavy atom. The highest BCUT2D eigenvalue weighted by molar-refractivity contribution is 6.31. The number of carbonyl (C=O) groups is 1. The van der Waals surface area contributed by atoms with Gasteiger partial charge in [-0.25, -0.2) is 4.39 Å². The third kappa shape index (κ3) is 5.26. The number of nitrogens with one attached hydrogen (secondary N) is 1. The van der Waals surface area contributed by atoms with E-state index in [9.17, 15) is 27.2 Å². The topological polar surface area (TPSA) is 72.0 Å². The SMILES string of the molecule is O=C(CCc1cncc(F)c1)c1c(-c2ccc(OC(F)(F)F)cc2)c2cc(Cl)ccc2[nH]c1=O. The zero-order chi connectivity index (χ0) is 24.5. The summed E-state index contributed by atoms with van der Waals surface area (Å²) in [5, 5.41) is 0.773. The summed E-state index contributed by atoms with van der Waals surface area (Å²) < 4.78 is 54.9. The fourth-order valence-corrected chi connectivity index (χ4v) is 3.80. The van der Waals surface area contributed by atoms with E-state index < -0.39 is 29.3 Å². The lowest BCUT2D eigenvalue weighted by Crippen LogP contribution is -2.20. The third-order valence-corrected chi connectivity index (χ3v) is 5.27. The normalized spacial score (nSPS) is 11.6. The molecule has 0 aliphatic carbocycles. The van der Waals surface area contributed by atoms with Gasteiger partial charge in [-0.05, 0) is 53.9 Å². The number of aromatic amines is 1. The standard InChI is InChI=1S/C24H15ClF4N2O3/c25-15-4-7-19-18(10-15)21(14-2-5-17(6-3-14)34-24(27,28)29)22(23(33)31-19)20(32)8-1-13-9-16(26)12-30-11-13/h2-7,9-12H,1,8H2,(H,31,33). The number of carbonyl (C=O) groups excluding carboxylic acids is 1. The molecule has 0 aliphatic rings. The number of hydrogen-bond acceptors (Lipinski definition) is 4. The first-order chi connectivity index (χ1) is 16.1. The van der Waals surface area contributed by atoms with Crippen molar-refractivity contribution in [3.63, 3.8) is 0 Å². The van der Waals surface area contributed by atoms with Gasteiger partial charge in [0, 0.05) is 34.1 Å². The van der Waals surface area contributed by atoms with Gasteiger partial charge in [-0.15, -0.1) is 13.2 Å². The number of Topliss-reactive ketones (excluding diaryl/α,β-unsaturated/α-hetero) is 1. The van der Waals surface area contributed by atoms with Crippen LogP contribution in [0.4, 0.5) is 17.6 Å². The van der Waals surface area contributed by atoms with Crippen LogP contribution in [0.1, 0.15) is 22.3 Å². The molecular weight excluding hydrogens is 476 g/mol. The van der Waals surface area contributed by atoms with Crippen LogP contribution in [0.5, 0.6) is 5.75 Å². The monoisotopic (exact) mass is 490 g/mol. The first kappa shape index (κ1) is 23.4. The first-order valence-electron chi connectivity index (χ1n) is 9.95. The number of fused-ring (bicyclic) bond motifs is 1. The average molecular weight is 491 g/mol. The Balaban J connectivity index is 1.80. The number of benzene rings is 2. The highest BCUT2D eigenvalue weighted by Gasteiger charge is 2.31. The number of ether oxygens (including phenoxy) is 1. The van der Waals surface area contributed by atoms with E-state index in [4.69, 9.17) is 11.6 Å². The summed E-state index contributed by atoms with van der Waals surface area (Å²) in [6.45, 7) is 0. The number of rotatable bonds is 6. The highest BCUT2D eigenvalue weighted by atomic mass is 35.5. The van der Waals surface area contributed by atoms with E-state index in [2.05, 4.69) is 14.7 Å². The van der Waals surface area contributed by atoms with E-state index in [1.807, 2.05) is 0 Å². The van der Waals surface area contributed by atoms with Gasteiger partial charge < -0.3 is 9.72 Å². The minimum absolute atomic E-state index is 0.122. The van der Waals surface area contributed by atoms with Crippen molar-refractivity contribution in [1.29, 1.82) is 0 Å². The maximum absolute atomic E-state index is 13.4. The van der Waals surface area contributed by atoms with Gasteiger partial charge in [0.25, 0.3) is 5.56 Å². The highest BCUT2D eigenvalue weighted by Crippen LogP contribution is 2.34. The van der Waals surface area contributed by atoms with Crippen LogP contribution in [-0.2, 0) is 6.42 Å². The molecule has 10 heteroatoms. The molecule has 1 N–H and O–H groups in total. The van der Waals surface area contributed by atoms with E-state index >= 15 is 0 Å². The van der Waals surface area contributed by atoms with E-state index in [1.165, 1.54) is 24.4 Å². The van der Waals surface area contributed by atoms with Gasteiger partial charge in [-0.1, -0.05) is 23.7 Å². The van der Waals surface area contributed by atoms with Crippen LogP contribution in [0.3, 0.4) is 0 Å². The third-order valence-electron chi connectivity index (χ3n) is 5.03. The number of aromatic nitrogens is 2. The summed E-state index contributed by atoms with van der Waals surface area (Å²) in [6.07, 6.45) is -2.40. The van der Waals surface area contributed by atoms with Gasteiger partial charge in [-0.3, -0.25) is 14.6 Å². The molecule has 0 atom stereocenters. The molecule has 0 amide bonds. The molecule has 174 valence electrons. The quantitative estimate of drug-likeness (QED) is 0.262. The van der Waals surface area contributed by atoms with Crippen LogP contribution in [0, 0.1) is 5.82 Å². The molecule has 34 heavy (non-hydrogen) atoms. The number of hydrogen-bond donors (Lipinski definition) is 1. The number of pyridine rings is 2. The minimum atomic E-state index is -4.86. The molecule has 4 rings (SSSR count). The predicted octanol–water partition coefficient (Wildman–Crippen LogP) is 6.10. The van der Waals surface area contributed by atoms with E-state index in [1.54, 1.807) is 18.2 Å². The van der Waals surface area contributed by atoms with E-state index in [-0.39, 0.29) is 24.0 Å². The predicted molar refractivity (Wildman–Crippen MR) is 119 cm³/mol. The smallest absolute Gasteiger partial charge is 0.406 e. The number of halogens is 5. The van der Waals surface area contributed by atoms with Gasteiger partial charge >= 0.3 is 6.36 Å². The molecule has 4 aromatic rings. The van der Waals surface area contributed by atoms with Crippen LogP contribution >= 0.6 is 11.6 Å². The molecule has 5 nitrogen and oxygen atoms in total. The van der Waals surface area contributed by atoms with Crippen LogP contribution in [0.2, 0.25) is 5.02 Å². The van der Waals surface area contributed by atoms with Crippen molar-refractivity contribution in [2.45, 2.75) is 19.2 Å². The fourth-order valence-electron chi connectivity index (χ4n) is 3.63. The Labute approximate surface area is 195 Å². The van der Waals surface area contributed by atoms with Gasteiger partial charge in [0.1, 0.15) is 11.6 Å². The van der Waals surface area contributed by atoms with E-state index in [0.29, 0.717) is 27.1 Å². The molecule has 0 bridgehead atoms. The Bertz CT molecular complexity index is 1430. The van der Waals surface area contributed by atoms with Gasteiger partial charge in [0.05, 0.1) is 11.8 Å². The van der Waals surface area contributed by atoms with Crippen LogP contribution in [0.15, 0.2) is 65.7 Å². The fraction of sp³-hybridized carbons (Fsp3) is 0.125. The maximum atomic E-state index is 13.4. The Morgan fingerprint density at radius 1 is 1.06 bits per heavy atom. The van der Waals surface area contributed by atoms with Crippen molar-refractivity contribution < 1.29 is 27.1 Å². The molecule has 2 aromatic heterocycles. The number of ketones is 1. The molecule has 0 radical (unpaired) electrons. The number of aryl methyl sites for hydroxylation is 1. The molecule has 0 unspecified atom stereocenters. The molecule has 0 aliphatic heterocycles. The van der Waals surface area contributed by atoms with Crippen LogP contribution < -0.4 is 10.3 Å². The van der Waals surface area contributed by atoms with Crippen molar-refractivity contribution in [2.24, 2.45) is 0 Å². The van der Waals surface area contributed by atoms with Crippen molar-refractivity contribution in [2.75, 3.05) is 0 Å². The summed E-state index contributed by atoms with van der Waals surface area (Å²) in [5.41, 5.74) is 0.576. The van der Waals surface area contributed by atoms with Crippen LogP contribution in [0.25, 0.3) is 22.0 Å². The first-order valence-corrected chi connectivity index (χ1v) is 10.3. The van der Waals surface area contributed by atoms with Crippen molar-refractivity contribution in [3.05, 3.63) is 93.2 Å². The second kappa shape index (κ2) is 9.26. The van der Waals surface area contributed by atoms with Gasteiger partial charge in [-0.2, -0.15) is 0 Å². The summed E-state index contributed by atoms with van der Waals surface area (Å²) in [6, 6.07) is 10.7. The lowest BCUT2D eigenvalue weighted by Gasteiger charge is -2.14.